The molecule has 1 aromatic heterocycles. The maximum absolute atomic E-state index is 12.4. The quantitative estimate of drug-likeness (QED) is 0.751. The molecule has 0 aliphatic rings. The smallest absolute Gasteiger partial charge is 0.308 e. The topological polar surface area (TPSA) is 83.5 Å². The monoisotopic (exact) mass is 367 g/mol. The maximum Gasteiger partial charge on any atom is 0.308 e. The highest BCUT2D eigenvalue weighted by atomic mass is 32.2. The molecular formula is C17H21NO4S2. The maximum atomic E-state index is 12.4. The molecule has 5 nitrogen and oxygen atoms in total. The lowest BCUT2D eigenvalue weighted by atomic mass is 9.89. The molecule has 0 aliphatic heterocycles. The van der Waals surface area contributed by atoms with Crippen LogP contribution >= 0.6 is 11.3 Å². The molecule has 7 heteroatoms. The van der Waals surface area contributed by atoms with Gasteiger partial charge < -0.3 is 5.11 Å². The Labute approximate surface area is 146 Å². The highest BCUT2D eigenvalue weighted by Gasteiger charge is 2.22. The lowest BCUT2D eigenvalue weighted by Crippen LogP contribution is -2.30. The van der Waals surface area contributed by atoms with Gasteiger partial charge in [0.25, 0.3) is 0 Å². The molecule has 0 saturated carbocycles. The van der Waals surface area contributed by atoms with Crippen molar-refractivity contribution in [3.05, 3.63) is 52.9 Å². The molecule has 2 rings (SSSR count). The molecule has 1 atom stereocenters. The van der Waals surface area contributed by atoms with Gasteiger partial charge in [0.2, 0.25) is 10.0 Å². The third-order valence-corrected chi connectivity index (χ3v) is 6.75. The van der Waals surface area contributed by atoms with E-state index in [1.807, 2.05) is 30.3 Å². The van der Waals surface area contributed by atoms with Crippen LogP contribution in [0, 0.1) is 5.92 Å². The first kappa shape index (κ1) is 18.6. The standard InChI is InChI=1S/C17H21NO4S2/c1-12(2)15(13-6-4-3-5-7-13)11-18-24(21,22)17-9-8-14(23-17)10-16(19)20/h3-9,12,15,18H,10-11H2,1-2H3,(H,19,20). The van der Waals surface area contributed by atoms with E-state index in [1.165, 1.54) is 6.07 Å². The molecule has 1 aromatic carbocycles. The molecule has 24 heavy (non-hydrogen) atoms. The Kier molecular flexibility index (Phi) is 6.15. The minimum atomic E-state index is -3.64. The number of aliphatic carboxylic acids is 1. The van der Waals surface area contributed by atoms with Crippen LogP contribution in [0.25, 0.3) is 0 Å². The van der Waals surface area contributed by atoms with Crippen molar-refractivity contribution in [2.24, 2.45) is 5.92 Å². The fraction of sp³-hybridized carbons (Fsp3) is 0.353. The predicted octanol–water partition coefficient (Wildman–Crippen LogP) is 3.09. The third kappa shape index (κ3) is 4.90. The van der Waals surface area contributed by atoms with Gasteiger partial charge in [-0.1, -0.05) is 44.2 Å². The summed E-state index contributed by atoms with van der Waals surface area (Å²) < 4.78 is 27.7. The van der Waals surface area contributed by atoms with Crippen LogP contribution < -0.4 is 4.72 Å². The summed E-state index contributed by atoms with van der Waals surface area (Å²) in [5, 5.41) is 8.78. The molecule has 0 saturated heterocycles. The predicted molar refractivity (Wildman–Crippen MR) is 94.9 cm³/mol. The number of nitrogens with one attached hydrogen (secondary N) is 1. The van der Waals surface area contributed by atoms with Crippen molar-refractivity contribution in [2.45, 2.75) is 30.4 Å². The number of hydrogen-bond acceptors (Lipinski definition) is 4. The fourth-order valence-corrected chi connectivity index (χ4v) is 4.91. The van der Waals surface area contributed by atoms with E-state index in [0.717, 1.165) is 16.9 Å². The van der Waals surface area contributed by atoms with Crippen LogP contribution in [0.2, 0.25) is 0 Å². The summed E-state index contributed by atoms with van der Waals surface area (Å²) in [5.41, 5.74) is 1.09. The molecule has 130 valence electrons. The second kappa shape index (κ2) is 7.92. The van der Waals surface area contributed by atoms with Crippen molar-refractivity contribution in [2.75, 3.05) is 6.54 Å². The van der Waals surface area contributed by atoms with Gasteiger partial charge in [-0.3, -0.25) is 4.79 Å². The summed E-state index contributed by atoms with van der Waals surface area (Å²) in [6.45, 7) is 4.42. The molecule has 2 aromatic rings. The Bertz CT molecular complexity index is 782. The van der Waals surface area contributed by atoms with Gasteiger partial charge in [-0.2, -0.15) is 0 Å². The van der Waals surface area contributed by atoms with Crippen LogP contribution in [0.3, 0.4) is 0 Å². The number of sulfonamides is 1. The average Bonchev–Trinajstić information content (AvgIpc) is 2.96. The van der Waals surface area contributed by atoms with Gasteiger partial charge in [0.15, 0.2) is 0 Å². The zero-order valence-electron chi connectivity index (χ0n) is 13.6. The van der Waals surface area contributed by atoms with E-state index in [2.05, 4.69) is 18.6 Å². The molecule has 0 radical (unpaired) electrons. The average molecular weight is 367 g/mol. The number of thiophene rings is 1. The first-order valence-corrected chi connectivity index (χ1v) is 9.94. The van der Waals surface area contributed by atoms with Crippen molar-refractivity contribution < 1.29 is 18.3 Å². The van der Waals surface area contributed by atoms with Gasteiger partial charge in [0.05, 0.1) is 6.42 Å². The van der Waals surface area contributed by atoms with Crippen molar-refractivity contribution in [1.29, 1.82) is 0 Å². The summed E-state index contributed by atoms with van der Waals surface area (Å²) >= 11 is 0.993. The van der Waals surface area contributed by atoms with Crippen LogP contribution in [-0.2, 0) is 21.2 Å². The number of carbonyl (C=O) groups is 1. The van der Waals surface area contributed by atoms with Crippen LogP contribution in [0.1, 0.15) is 30.2 Å². The van der Waals surface area contributed by atoms with E-state index in [1.54, 1.807) is 6.07 Å². The number of benzene rings is 1. The molecule has 0 aliphatic carbocycles. The third-order valence-electron chi connectivity index (χ3n) is 3.75. The van der Waals surface area contributed by atoms with Gasteiger partial charge in [-0.25, -0.2) is 13.1 Å². The van der Waals surface area contributed by atoms with Crippen molar-refractivity contribution in [1.82, 2.24) is 4.72 Å². The lowest BCUT2D eigenvalue weighted by Gasteiger charge is -2.21. The highest BCUT2D eigenvalue weighted by molar-refractivity contribution is 7.91. The van der Waals surface area contributed by atoms with E-state index >= 15 is 0 Å². The first-order chi connectivity index (χ1) is 11.3. The molecule has 0 amide bonds. The van der Waals surface area contributed by atoms with E-state index in [0.29, 0.717) is 11.4 Å². The summed E-state index contributed by atoms with van der Waals surface area (Å²) in [5.74, 6) is -0.627. The zero-order chi connectivity index (χ0) is 17.7. The molecular weight excluding hydrogens is 346 g/mol. The molecule has 1 heterocycles. The first-order valence-electron chi connectivity index (χ1n) is 7.64. The second-order valence-electron chi connectivity index (χ2n) is 5.90. The van der Waals surface area contributed by atoms with E-state index in [4.69, 9.17) is 5.11 Å². The fourth-order valence-electron chi connectivity index (χ4n) is 2.46. The van der Waals surface area contributed by atoms with E-state index < -0.39 is 16.0 Å². The normalized spacial score (nSPS) is 13.1. The molecule has 2 N–H and O–H groups in total. The second-order valence-corrected chi connectivity index (χ2v) is 9.07. The van der Waals surface area contributed by atoms with Crippen LogP contribution in [-0.4, -0.2) is 26.0 Å². The van der Waals surface area contributed by atoms with E-state index in [-0.39, 0.29) is 22.5 Å². The van der Waals surface area contributed by atoms with Crippen molar-refractivity contribution >= 4 is 27.3 Å². The molecule has 0 spiro atoms. The van der Waals surface area contributed by atoms with Gasteiger partial charge >= 0.3 is 5.97 Å². The molecule has 0 fully saturated rings. The minimum Gasteiger partial charge on any atom is -0.481 e. The van der Waals surface area contributed by atoms with Gasteiger partial charge in [-0.15, -0.1) is 11.3 Å². The summed E-state index contributed by atoms with van der Waals surface area (Å²) in [6.07, 6.45) is -0.168. The number of carboxylic acids is 1. The number of rotatable bonds is 8. The summed E-state index contributed by atoms with van der Waals surface area (Å²) in [6, 6.07) is 12.8. The van der Waals surface area contributed by atoms with Crippen LogP contribution in [0.4, 0.5) is 0 Å². The number of carboxylic acid groups (broad SMARTS) is 1. The number of hydrogen-bond donors (Lipinski definition) is 2. The van der Waals surface area contributed by atoms with E-state index in [9.17, 15) is 13.2 Å². The van der Waals surface area contributed by atoms with Crippen LogP contribution in [0.15, 0.2) is 46.7 Å². The Hall–Kier alpha value is -1.70. The zero-order valence-corrected chi connectivity index (χ0v) is 15.2. The van der Waals surface area contributed by atoms with Crippen molar-refractivity contribution in [3.8, 4) is 0 Å². The summed E-state index contributed by atoms with van der Waals surface area (Å²) in [4.78, 5) is 11.2. The lowest BCUT2D eigenvalue weighted by molar-refractivity contribution is -0.136. The van der Waals surface area contributed by atoms with Gasteiger partial charge in [0, 0.05) is 11.4 Å². The summed E-state index contributed by atoms with van der Waals surface area (Å²) in [7, 11) is -3.64. The highest BCUT2D eigenvalue weighted by Crippen LogP contribution is 2.26. The van der Waals surface area contributed by atoms with Crippen LogP contribution in [0.5, 0.6) is 0 Å². The largest absolute Gasteiger partial charge is 0.481 e. The molecule has 1 unspecified atom stereocenters. The Morgan fingerprint density at radius 1 is 1.17 bits per heavy atom. The molecule has 0 bridgehead atoms. The van der Waals surface area contributed by atoms with Crippen molar-refractivity contribution in [3.63, 3.8) is 0 Å². The van der Waals surface area contributed by atoms with Gasteiger partial charge in [-0.05, 0) is 29.5 Å². The Morgan fingerprint density at radius 3 is 2.42 bits per heavy atom. The Morgan fingerprint density at radius 2 is 1.83 bits per heavy atom. The minimum absolute atomic E-state index is 0.0689. The van der Waals surface area contributed by atoms with Gasteiger partial charge in [0.1, 0.15) is 4.21 Å². The Balaban J connectivity index is 2.10. The SMILES string of the molecule is CC(C)C(CNS(=O)(=O)c1ccc(CC(=O)O)s1)c1ccccc1.